The van der Waals surface area contributed by atoms with E-state index in [1.54, 1.807) is 6.33 Å². The Morgan fingerprint density at radius 1 is 0.829 bits per heavy atom. The summed E-state index contributed by atoms with van der Waals surface area (Å²) in [5, 5.41) is 0.711. The smallest absolute Gasteiger partial charge is 0.261 e. The first-order valence-corrected chi connectivity index (χ1v) is 12.7. The topological polar surface area (TPSA) is 41.4 Å². The van der Waals surface area contributed by atoms with E-state index in [1.807, 2.05) is 28.8 Å². The molecular formula is C30H32N4O. The number of piperidine rings is 1. The van der Waals surface area contributed by atoms with Crippen LogP contribution in [0.2, 0.25) is 0 Å². The molecule has 2 aliphatic rings. The van der Waals surface area contributed by atoms with E-state index in [2.05, 4.69) is 77.2 Å². The molecule has 2 aliphatic heterocycles. The van der Waals surface area contributed by atoms with E-state index in [0.717, 1.165) is 44.5 Å². The SMILES string of the molecule is CC1(C)c2ccccc2N(CCN2CCC(n3cnc4ccccc4c3=O)CC2)c2ccccc21. The molecule has 0 saturated carbocycles. The second-order valence-corrected chi connectivity index (χ2v) is 10.4. The third kappa shape index (κ3) is 3.75. The first-order valence-electron chi connectivity index (χ1n) is 12.7. The van der Waals surface area contributed by atoms with Crippen LogP contribution < -0.4 is 10.5 Å². The van der Waals surface area contributed by atoms with Gasteiger partial charge in [0.25, 0.3) is 5.56 Å². The van der Waals surface area contributed by atoms with Crippen LogP contribution in [0.5, 0.6) is 0 Å². The first kappa shape index (κ1) is 22.1. The first-order chi connectivity index (χ1) is 17.0. The second kappa shape index (κ2) is 8.65. The van der Waals surface area contributed by atoms with Gasteiger partial charge in [-0.3, -0.25) is 9.36 Å². The van der Waals surface area contributed by atoms with E-state index in [4.69, 9.17) is 0 Å². The van der Waals surface area contributed by atoms with Gasteiger partial charge in [-0.25, -0.2) is 4.98 Å². The highest BCUT2D eigenvalue weighted by atomic mass is 16.1. The Morgan fingerprint density at radius 2 is 1.43 bits per heavy atom. The number of anilines is 2. The molecule has 5 heteroatoms. The quantitative estimate of drug-likeness (QED) is 0.399. The fraction of sp³-hybridized carbons (Fsp3) is 0.333. The number of likely N-dealkylation sites (tertiary alicyclic amines) is 1. The molecule has 3 heterocycles. The summed E-state index contributed by atoms with van der Waals surface area (Å²) in [5.41, 5.74) is 6.26. The third-order valence-corrected chi connectivity index (χ3v) is 8.02. The van der Waals surface area contributed by atoms with Gasteiger partial charge in [-0.2, -0.15) is 0 Å². The fourth-order valence-corrected chi connectivity index (χ4v) is 6.00. The number of fused-ring (bicyclic) bond motifs is 3. The minimum absolute atomic E-state index is 0.0107. The molecule has 1 aromatic heterocycles. The van der Waals surface area contributed by atoms with E-state index in [0.29, 0.717) is 5.39 Å². The predicted molar refractivity (Wildman–Crippen MR) is 143 cm³/mol. The van der Waals surface area contributed by atoms with Crippen LogP contribution in [0.4, 0.5) is 11.4 Å². The molecule has 4 aromatic rings. The predicted octanol–water partition coefficient (Wildman–Crippen LogP) is 5.51. The maximum absolute atomic E-state index is 13.0. The molecule has 0 spiro atoms. The van der Waals surface area contributed by atoms with Crippen LogP contribution >= 0.6 is 0 Å². The van der Waals surface area contributed by atoms with E-state index >= 15 is 0 Å². The van der Waals surface area contributed by atoms with E-state index < -0.39 is 0 Å². The summed E-state index contributed by atoms with van der Waals surface area (Å²) in [4.78, 5) is 22.6. The minimum atomic E-state index is -0.0107. The Kier molecular flexibility index (Phi) is 5.45. The Balaban J connectivity index is 1.18. The van der Waals surface area contributed by atoms with Crippen molar-refractivity contribution in [3.8, 4) is 0 Å². The van der Waals surface area contributed by atoms with Crippen LogP contribution in [0.3, 0.4) is 0 Å². The van der Waals surface area contributed by atoms with Gasteiger partial charge in [0.1, 0.15) is 0 Å². The number of aromatic nitrogens is 2. The van der Waals surface area contributed by atoms with Crippen LogP contribution in [0, 0.1) is 0 Å². The van der Waals surface area contributed by atoms with Crippen molar-refractivity contribution in [2.75, 3.05) is 31.1 Å². The summed E-state index contributed by atoms with van der Waals surface area (Å²) < 4.78 is 1.86. The van der Waals surface area contributed by atoms with Crippen molar-refractivity contribution in [3.05, 3.63) is 101 Å². The lowest BCUT2D eigenvalue weighted by Gasteiger charge is -2.43. The zero-order valence-corrected chi connectivity index (χ0v) is 20.5. The van der Waals surface area contributed by atoms with Gasteiger partial charge in [0.15, 0.2) is 0 Å². The third-order valence-electron chi connectivity index (χ3n) is 8.02. The van der Waals surface area contributed by atoms with Crippen molar-refractivity contribution in [2.45, 2.75) is 38.1 Å². The standard InChI is InChI=1S/C30H32N4O/c1-30(2)24-10-4-7-13-27(24)33(28-14-8-5-11-25(28)30)20-19-32-17-15-22(16-18-32)34-21-31-26-12-6-3-9-23(26)29(34)35/h3-14,21-22H,15-20H2,1-2H3. The average Bonchev–Trinajstić information content (AvgIpc) is 2.90. The van der Waals surface area contributed by atoms with E-state index in [-0.39, 0.29) is 17.0 Å². The van der Waals surface area contributed by atoms with Crippen LogP contribution in [-0.2, 0) is 5.41 Å². The molecule has 0 aliphatic carbocycles. The Hall–Kier alpha value is -3.44. The molecule has 178 valence electrons. The van der Waals surface area contributed by atoms with Gasteiger partial charge in [0.2, 0.25) is 0 Å². The summed E-state index contributed by atoms with van der Waals surface area (Å²) >= 11 is 0. The van der Waals surface area contributed by atoms with Crippen molar-refractivity contribution in [2.24, 2.45) is 0 Å². The summed E-state index contributed by atoms with van der Waals surface area (Å²) in [5.74, 6) is 0. The minimum Gasteiger partial charge on any atom is -0.340 e. The molecule has 3 aromatic carbocycles. The maximum atomic E-state index is 13.0. The highest BCUT2D eigenvalue weighted by Crippen LogP contribution is 2.48. The molecule has 0 N–H and O–H groups in total. The number of rotatable bonds is 4. The zero-order valence-electron chi connectivity index (χ0n) is 20.5. The molecular weight excluding hydrogens is 432 g/mol. The molecule has 1 saturated heterocycles. The van der Waals surface area contributed by atoms with Crippen LogP contribution in [0.1, 0.15) is 43.9 Å². The van der Waals surface area contributed by atoms with Gasteiger partial charge in [0.05, 0.1) is 17.2 Å². The molecule has 5 nitrogen and oxygen atoms in total. The van der Waals surface area contributed by atoms with Crippen molar-refractivity contribution < 1.29 is 0 Å². The van der Waals surface area contributed by atoms with Gasteiger partial charge in [-0.05, 0) is 48.2 Å². The monoisotopic (exact) mass is 464 g/mol. The second-order valence-electron chi connectivity index (χ2n) is 10.4. The number of nitrogens with zero attached hydrogens (tertiary/aromatic N) is 4. The van der Waals surface area contributed by atoms with Gasteiger partial charge in [-0.15, -0.1) is 0 Å². The Labute approximate surface area is 206 Å². The normalized spacial score (nSPS) is 17.8. The molecule has 6 rings (SSSR count). The largest absolute Gasteiger partial charge is 0.340 e. The Bertz CT molecular complexity index is 1380. The van der Waals surface area contributed by atoms with Crippen LogP contribution in [-0.4, -0.2) is 40.6 Å². The number of hydrogen-bond acceptors (Lipinski definition) is 4. The molecule has 1 fully saturated rings. The van der Waals surface area contributed by atoms with Crippen molar-refractivity contribution >= 4 is 22.3 Å². The Morgan fingerprint density at radius 3 is 2.11 bits per heavy atom. The average molecular weight is 465 g/mol. The summed E-state index contributed by atoms with van der Waals surface area (Å²) in [6.45, 7) is 8.60. The van der Waals surface area contributed by atoms with Gasteiger partial charge >= 0.3 is 0 Å². The molecule has 0 amide bonds. The van der Waals surface area contributed by atoms with E-state index in [1.165, 1.54) is 22.5 Å². The molecule has 0 bridgehead atoms. The van der Waals surface area contributed by atoms with Crippen molar-refractivity contribution in [1.82, 2.24) is 14.5 Å². The van der Waals surface area contributed by atoms with E-state index in [9.17, 15) is 4.79 Å². The summed E-state index contributed by atoms with van der Waals surface area (Å²) in [6.07, 6.45) is 3.69. The zero-order chi connectivity index (χ0) is 24.0. The lowest BCUT2D eigenvalue weighted by molar-refractivity contribution is 0.188. The molecule has 0 unspecified atom stereocenters. The molecule has 0 atom stereocenters. The maximum Gasteiger partial charge on any atom is 0.261 e. The summed E-state index contributed by atoms with van der Waals surface area (Å²) in [7, 11) is 0. The fourth-order valence-electron chi connectivity index (χ4n) is 6.00. The molecule has 35 heavy (non-hydrogen) atoms. The lowest BCUT2D eigenvalue weighted by atomic mass is 9.73. The van der Waals surface area contributed by atoms with Crippen molar-refractivity contribution in [1.29, 1.82) is 0 Å². The van der Waals surface area contributed by atoms with Crippen LogP contribution in [0.15, 0.2) is 83.9 Å². The van der Waals surface area contributed by atoms with Crippen LogP contribution in [0.25, 0.3) is 10.9 Å². The highest BCUT2D eigenvalue weighted by molar-refractivity contribution is 5.78. The summed E-state index contributed by atoms with van der Waals surface area (Å²) in [6, 6.07) is 25.5. The highest BCUT2D eigenvalue weighted by Gasteiger charge is 2.35. The van der Waals surface area contributed by atoms with Gasteiger partial charge in [-0.1, -0.05) is 62.4 Å². The number of hydrogen-bond donors (Lipinski definition) is 0. The number of para-hydroxylation sites is 3. The van der Waals surface area contributed by atoms with Gasteiger partial charge < -0.3 is 9.80 Å². The number of benzene rings is 3. The molecule has 0 radical (unpaired) electrons. The lowest BCUT2D eigenvalue weighted by Crippen LogP contribution is -2.42. The van der Waals surface area contributed by atoms with Gasteiger partial charge in [0, 0.05) is 49.0 Å². The van der Waals surface area contributed by atoms with Crippen molar-refractivity contribution in [3.63, 3.8) is 0 Å².